The lowest BCUT2D eigenvalue weighted by Crippen LogP contribution is -2.75. The molecule has 0 bridgehead atoms. The number of hydrogen-bond donors (Lipinski definition) is 2. The molecule has 2 fully saturated rings. The van der Waals surface area contributed by atoms with E-state index in [9.17, 15) is 9.59 Å². The van der Waals surface area contributed by atoms with Crippen LogP contribution >= 0.6 is 0 Å². The largest absolute Gasteiger partial charge is 0.369 e. The molecule has 35 heavy (non-hydrogen) atoms. The average molecular weight is 486 g/mol. The number of piperidine rings is 1. The molecule has 2 heterocycles. The molecule has 0 atom stereocenters. The summed E-state index contributed by atoms with van der Waals surface area (Å²) in [4.78, 5) is 32.5. The summed E-state index contributed by atoms with van der Waals surface area (Å²) < 4.78 is 0. The minimum atomic E-state index is -0.241. The van der Waals surface area contributed by atoms with E-state index in [1.165, 1.54) is 12.0 Å². The second-order valence-electron chi connectivity index (χ2n) is 9.78. The first-order valence-corrected chi connectivity index (χ1v) is 12.9. The van der Waals surface area contributed by atoms with Crippen molar-refractivity contribution in [3.05, 3.63) is 60.3 Å². The predicted octanol–water partition coefficient (Wildman–Crippen LogP) is 2.65. The van der Waals surface area contributed by atoms with Crippen LogP contribution in [0.2, 0.25) is 0 Å². The molecular formula is C28H45N4O3+. The minimum absolute atomic E-state index is 0.00926. The Morgan fingerprint density at radius 3 is 2.40 bits per heavy atom. The monoisotopic (exact) mass is 485 g/mol. The maximum Gasteiger partial charge on any atom is 0.228 e. The van der Waals surface area contributed by atoms with Gasteiger partial charge >= 0.3 is 0 Å². The third-order valence-corrected chi connectivity index (χ3v) is 6.90. The summed E-state index contributed by atoms with van der Waals surface area (Å²) in [5.41, 5.74) is 7.79. The van der Waals surface area contributed by atoms with Crippen molar-refractivity contribution >= 4 is 11.8 Å². The van der Waals surface area contributed by atoms with Gasteiger partial charge in [-0.2, -0.15) is 5.48 Å². The first-order chi connectivity index (χ1) is 16.9. The summed E-state index contributed by atoms with van der Waals surface area (Å²) in [6.07, 6.45) is 14.3. The van der Waals surface area contributed by atoms with Crippen molar-refractivity contribution in [3.8, 4) is 0 Å². The van der Waals surface area contributed by atoms with Crippen LogP contribution in [0.5, 0.6) is 0 Å². The number of rotatable bonds is 11. The van der Waals surface area contributed by atoms with Gasteiger partial charge in [-0.1, -0.05) is 56.3 Å². The molecule has 0 unspecified atom stereocenters. The van der Waals surface area contributed by atoms with E-state index >= 15 is 0 Å². The summed E-state index contributed by atoms with van der Waals surface area (Å²) in [6.45, 7) is 8.56. The summed E-state index contributed by atoms with van der Waals surface area (Å²) in [5.74, 6) is 0.151. The number of hydroxylamine groups is 1. The number of carbonyl (C=O) groups is 2. The normalized spacial score (nSPS) is 18.1. The van der Waals surface area contributed by atoms with Crippen LogP contribution in [0, 0.1) is 11.3 Å². The highest BCUT2D eigenvalue weighted by molar-refractivity contribution is 5.85. The van der Waals surface area contributed by atoms with Gasteiger partial charge in [0.1, 0.15) is 6.20 Å². The Kier molecular flexibility index (Phi) is 12.7. The summed E-state index contributed by atoms with van der Waals surface area (Å²) in [7, 11) is 1.64. The lowest BCUT2D eigenvalue weighted by atomic mass is 9.77. The van der Waals surface area contributed by atoms with Gasteiger partial charge in [-0.3, -0.25) is 9.59 Å². The van der Waals surface area contributed by atoms with Crippen LogP contribution in [-0.2, 0) is 20.8 Å². The van der Waals surface area contributed by atoms with E-state index in [-0.39, 0.29) is 17.2 Å². The Labute approximate surface area is 211 Å². The van der Waals surface area contributed by atoms with Crippen molar-refractivity contribution in [2.45, 2.75) is 52.4 Å². The van der Waals surface area contributed by atoms with Gasteiger partial charge in [0.25, 0.3) is 0 Å². The molecule has 0 aliphatic carbocycles. The number of nitrogens with zero attached hydrogens (tertiary/aromatic N) is 2. The molecule has 7 heteroatoms. The van der Waals surface area contributed by atoms with Gasteiger partial charge in [-0.15, -0.1) is 0 Å². The first kappa shape index (κ1) is 28.8. The molecule has 2 amide bonds. The molecule has 0 aromatic heterocycles. The molecular weight excluding hydrogens is 440 g/mol. The Morgan fingerprint density at radius 1 is 1.11 bits per heavy atom. The molecule has 7 nitrogen and oxygen atoms in total. The van der Waals surface area contributed by atoms with E-state index < -0.39 is 0 Å². The van der Waals surface area contributed by atoms with Crippen LogP contribution < -0.4 is 11.2 Å². The zero-order valence-corrected chi connectivity index (χ0v) is 21.8. The van der Waals surface area contributed by atoms with Crippen molar-refractivity contribution in [3.63, 3.8) is 0 Å². The number of hydrogen-bond acceptors (Lipinski definition) is 4. The maximum absolute atomic E-state index is 13.0. The highest BCUT2D eigenvalue weighted by atomic mass is 16.6. The number of amides is 2. The van der Waals surface area contributed by atoms with Gasteiger partial charge in [-0.25, -0.2) is 4.84 Å². The van der Waals surface area contributed by atoms with Gasteiger partial charge in [0.05, 0.1) is 12.5 Å². The van der Waals surface area contributed by atoms with Crippen molar-refractivity contribution in [2.75, 3.05) is 39.8 Å². The van der Waals surface area contributed by atoms with Gasteiger partial charge < -0.3 is 15.5 Å². The molecule has 194 valence electrons. The van der Waals surface area contributed by atoms with Crippen LogP contribution in [0.15, 0.2) is 54.8 Å². The first-order valence-electron chi connectivity index (χ1n) is 12.9. The minimum Gasteiger partial charge on any atom is -0.369 e. The Morgan fingerprint density at radius 2 is 1.77 bits per heavy atom. The van der Waals surface area contributed by atoms with Gasteiger partial charge in [0.2, 0.25) is 11.8 Å². The van der Waals surface area contributed by atoms with E-state index in [1.54, 1.807) is 26.4 Å². The lowest BCUT2D eigenvalue weighted by Gasteiger charge is -2.38. The van der Waals surface area contributed by atoms with Gasteiger partial charge in [-0.05, 0) is 69.8 Å². The Bertz CT molecular complexity index is 815. The predicted molar refractivity (Wildman–Crippen MR) is 140 cm³/mol. The van der Waals surface area contributed by atoms with Gasteiger partial charge in [0, 0.05) is 19.0 Å². The highest BCUT2D eigenvalue weighted by Crippen LogP contribution is 2.41. The number of benzene rings is 1. The average Bonchev–Trinajstić information content (AvgIpc) is 3.15. The Balaban J connectivity index is 0.000000641. The zero-order chi connectivity index (χ0) is 25.5. The molecule has 2 saturated heterocycles. The molecule has 0 radical (unpaired) electrons. The summed E-state index contributed by atoms with van der Waals surface area (Å²) in [5, 5.41) is 0. The van der Waals surface area contributed by atoms with E-state index in [4.69, 9.17) is 10.6 Å². The highest BCUT2D eigenvalue weighted by Gasteiger charge is 2.47. The third kappa shape index (κ3) is 9.96. The standard InChI is InChI=1S/C24H35N3O2.C4H9NO/c1-29-25-16-7-2-3-8-18-27-21-15-24(23(27)28)13-19-26(20-14-24)17-9-12-22-10-5-4-6-11-22;1-3(2)4(5)6/h2-7,10-11,16,25H,8-9,12-15,17-21H2,1H3;3H,1-2H3,(H2,5,6)/p+1/b3-2-,16-7-;. The molecule has 3 rings (SSSR count). The number of primary amides is 1. The fraction of sp³-hybridized carbons (Fsp3) is 0.571. The zero-order valence-electron chi connectivity index (χ0n) is 21.8. The van der Waals surface area contributed by atoms with E-state index in [0.29, 0.717) is 5.91 Å². The van der Waals surface area contributed by atoms with Crippen LogP contribution in [0.25, 0.3) is 0 Å². The third-order valence-electron chi connectivity index (χ3n) is 6.90. The van der Waals surface area contributed by atoms with E-state index in [1.807, 2.05) is 18.4 Å². The van der Waals surface area contributed by atoms with E-state index in [0.717, 1.165) is 64.8 Å². The molecule has 4 N–H and O–H groups in total. The number of aryl methyl sites for hydroxylation is 1. The smallest absolute Gasteiger partial charge is 0.228 e. The van der Waals surface area contributed by atoms with Crippen LogP contribution in [0.3, 0.4) is 0 Å². The second kappa shape index (κ2) is 15.5. The quantitative estimate of drug-likeness (QED) is 0.372. The van der Waals surface area contributed by atoms with Crippen molar-refractivity contribution < 1.29 is 19.9 Å². The second-order valence-corrected chi connectivity index (χ2v) is 9.78. The lowest BCUT2D eigenvalue weighted by molar-refractivity contribution is -0.842. The fourth-order valence-corrected chi connectivity index (χ4v) is 4.52. The number of nitrogens with two attached hydrogens (primary N) is 2. The van der Waals surface area contributed by atoms with Gasteiger partial charge in [0.15, 0.2) is 0 Å². The maximum atomic E-state index is 13.0. The number of likely N-dealkylation sites (tertiary alicyclic amines) is 2. The molecule has 2 aliphatic heterocycles. The molecule has 2 aliphatic rings. The number of allylic oxidation sites excluding steroid dienone is 2. The molecule has 1 aromatic carbocycles. The van der Waals surface area contributed by atoms with Crippen LogP contribution in [-0.4, -0.2) is 61.4 Å². The molecule has 1 spiro atoms. The summed E-state index contributed by atoms with van der Waals surface area (Å²) >= 11 is 0. The van der Waals surface area contributed by atoms with Crippen molar-refractivity contribution in [2.24, 2.45) is 17.1 Å². The fourth-order valence-electron chi connectivity index (χ4n) is 4.52. The molecule has 1 aromatic rings. The van der Waals surface area contributed by atoms with E-state index in [2.05, 4.69) is 46.2 Å². The molecule has 0 saturated carbocycles. The number of quaternary nitrogens is 1. The van der Waals surface area contributed by atoms with Crippen LogP contribution in [0.4, 0.5) is 0 Å². The number of carbonyl (C=O) groups excluding carboxylic acids is 2. The SMILES string of the molecule is CC(C)C(N)=O.CO[NH2+]/C=C\C=C/CCN1CCC2(CCN(CCCc3ccccc3)CC2)C1=O. The topological polar surface area (TPSA) is 92.5 Å². The van der Waals surface area contributed by atoms with Crippen LogP contribution in [0.1, 0.15) is 51.5 Å². The van der Waals surface area contributed by atoms with Crippen molar-refractivity contribution in [1.82, 2.24) is 9.80 Å². The van der Waals surface area contributed by atoms with Crippen molar-refractivity contribution in [1.29, 1.82) is 0 Å². The Hall–Kier alpha value is -2.48. The summed E-state index contributed by atoms with van der Waals surface area (Å²) in [6, 6.07) is 10.7.